The van der Waals surface area contributed by atoms with Crippen LogP contribution in [0.4, 0.5) is 0 Å². The molecular formula is C15H27NO2. The average Bonchev–Trinajstić information content (AvgIpc) is 2.34. The van der Waals surface area contributed by atoms with Crippen molar-refractivity contribution in [1.29, 1.82) is 0 Å². The molecule has 0 aromatic carbocycles. The van der Waals surface area contributed by atoms with Gasteiger partial charge in [0.15, 0.2) is 0 Å². The number of carbonyl (C=O) groups excluding carboxylic acids is 1. The number of aliphatic hydroxyl groups is 1. The van der Waals surface area contributed by atoms with E-state index in [2.05, 4.69) is 5.32 Å². The Morgan fingerprint density at radius 3 is 2.50 bits per heavy atom. The first kappa shape index (κ1) is 13.9. The number of hydrogen-bond donors (Lipinski definition) is 2. The fourth-order valence-corrected chi connectivity index (χ4v) is 3.56. The first-order valence-electron chi connectivity index (χ1n) is 7.46. The van der Waals surface area contributed by atoms with Crippen LogP contribution >= 0.6 is 0 Å². The molecule has 2 rings (SSSR count). The highest BCUT2D eigenvalue weighted by molar-refractivity contribution is 5.78. The average molecular weight is 253 g/mol. The molecule has 1 amide bonds. The van der Waals surface area contributed by atoms with Gasteiger partial charge >= 0.3 is 0 Å². The van der Waals surface area contributed by atoms with E-state index >= 15 is 0 Å². The minimum Gasteiger partial charge on any atom is -0.389 e. The predicted molar refractivity (Wildman–Crippen MR) is 72.1 cm³/mol. The molecule has 2 aliphatic rings. The number of carbonyl (C=O) groups is 1. The summed E-state index contributed by atoms with van der Waals surface area (Å²) < 4.78 is 0. The lowest BCUT2D eigenvalue weighted by Gasteiger charge is -2.38. The molecule has 2 saturated carbocycles. The predicted octanol–water partition coefficient (Wildman–Crippen LogP) is 2.48. The summed E-state index contributed by atoms with van der Waals surface area (Å²) >= 11 is 0. The van der Waals surface area contributed by atoms with E-state index in [0.29, 0.717) is 6.54 Å². The van der Waals surface area contributed by atoms with Gasteiger partial charge in [-0.1, -0.05) is 25.7 Å². The van der Waals surface area contributed by atoms with Crippen molar-refractivity contribution >= 4 is 5.91 Å². The van der Waals surface area contributed by atoms with E-state index in [1.165, 1.54) is 32.1 Å². The Labute approximate surface area is 110 Å². The van der Waals surface area contributed by atoms with Crippen molar-refractivity contribution < 1.29 is 9.90 Å². The molecular weight excluding hydrogens is 226 g/mol. The van der Waals surface area contributed by atoms with Crippen molar-refractivity contribution in [2.75, 3.05) is 6.54 Å². The van der Waals surface area contributed by atoms with Crippen molar-refractivity contribution in [2.45, 2.75) is 64.4 Å². The summed E-state index contributed by atoms with van der Waals surface area (Å²) in [5.74, 6) is 2.01. The molecule has 2 fully saturated rings. The van der Waals surface area contributed by atoms with Crippen LogP contribution in [0, 0.1) is 17.8 Å². The van der Waals surface area contributed by atoms with Crippen molar-refractivity contribution in [3.8, 4) is 0 Å². The van der Waals surface area contributed by atoms with Gasteiger partial charge < -0.3 is 10.4 Å². The van der Waals surface area contributed by atoms with Gasteiger partial charge in [0.1, 0.15) is 0 Å². The molecule has 0 bridgehead atoms. The van der Waals surface area contributed by atoms with Crippen LogP contribution in [0.5, 0.6) is 0 Å². The molecule has 0 aromatic rings. The third kappa shape index (κ3) is 3.71. The molecule has 0 aliphatic heterocycles. The number of fused-ring (bicyclic) bond motifs is 1. The summed E-state index contributed by atoms with van der Waals surface area (Å²) in [5, 5.41) is 12.5. The monoisotopic (exact) mass is 253 g/mol. The lowest BCUT2D eigenvalue weighted by molar-refractivity contribution is -0.128. The number of nitrogens with one attached hydrogen (secondary N) is 1. The zero-order chi connectivity index (χ0) is 13.2. The molecule has 3 nitrogen and oxygen atoms in total. The van der Waals surface area contributed by atoms with Crippen molar-refractivity contribution in [2.24, 2.45) is 17.8 Å². The normalized spacial score (nSPS) is 32.7. The van der Waals surface area contributed by atoms with E-state index in [9.17, 15) is 9.90 Å². The Morgan fingerprint density at radius 2 is 1.83 bits per heavy atom. The van der Waals surface area contributed by atoms with Crippen molar-refractivity contribution in [1.82, 2.24) is 5.32 Å². The molecule has 0 heterocycles. The molecule has 104 valence electrons. The van der Waals surface area contributed by atoms with Gasteiger partial charge in [-0.05, 0) is 44.9 Å². The van der Waals surface area contributed by atoms with Gasteiger partial charge in [-0.25, -0.2) is 0 Å². The molecule has 0 aromatic heterocycles. The zero-order valence-corrected chi connectivity index (χ0v) is 11.7. The first-order valence-corrected chi connectivity index (χ1v) is 7.46. The zero-order valence-electron chi connectivity index (χ0n) is 11.7. The van der Waals surface area contributed by atoms with E-state index in [4.69, 9.17) is 0 Å². The Bertz CT molecular complexity index is 295. The maximum atomic E-state index is 12.1. The highest BCUT2D eigenvalue weighted by Gasteiger charge is 2.35. The molecule has 3 atom stereocenters. The van der Waals surface area contributed by atoms with Crippen LogP contribution in [0.25, 0.3) is 0 Å². The van der Waals surface area contributed by atoms with Gasteiger partial charge in [0.25, 0.3) is 0 Å². The summed E-state index contributed by atoms with van der Waals surface area (Å²) in [6.45, 7) is 3.81. The third-order valence-corrected chi connectivity index (χ3v) is 4.61. The van der Waals surface area contributed by atoms with Gasteiger partial charge in [-0.3, -0.25) is 4.79 Å². The summed E-state index contributed by atoms with van der Waals surface area (Å²) in [6.07, 6.45) is 8.77. The molecule has 0 saturated heterocycles. The molecule has 0 spiro atoms. The Hall–Kier alpha value is -0.570. The van der Waals surface area contributed by atoms with E-state index in [0.717, 1.165) is 24.7 Å². The smallest absolute Gasteiger partial charge is 0.223 e. The van der Waals surface area contributed by atoms with Crippen LogP contribution < -0.4 is 5.32 Å². The standard InChI is InChI=1S/C15H27NO2/c1-15(2,18)10-16-14(17)13-8-7-11-5-3-4-6-12(11)9-13/h11-13,18H,3-10H2,1-2H3,(H,16,17). The molecule has 18 heavy (non-hydrogen) atoms. The lowest BCUT2D eigenvalue weighted by atomic mass is 9.67. The summed E-state index contributed by atoms with van der Waals surface area (Å²) in [4.78, 5) is 12.1. The van der Waals surface area contributed by atoms with Gasteiger partial charge in [-0.2, -0.15) is 0 Å². The van der Waals surface area contributed by atoms with Crippen molar-refractivity contribution in [3.05, 3.63) is 0 Å². The van der Waals surface area contributed by atoms with Gasteiger partial charge in [-0.15, -0.1) is 0 Å². The Morgan fingerprint density at radius 1 is 1.17 bits per heavy atom. The molecule has 3 unspecified atom stereocenters. The highest BCUT2D eigenvalue weighted by atomic mass is 16.3. The van der Waals surface area contributed by atoms with Gasteiger partial charge in [0, 0.05) is 12.5 Å². The molecule has 2 N–H and O–H groups in total. The van der Waals surface area contributed by atoms with Crippen LogP contribution in [-0.2, 0) is 4.79 Å². The SMILES string of the molecule is CC(C)(O)CNC(=O)C1CCC2CCCCC2C1. The minimum absolute atomic E-state index is 0.154. The topological polar surface area (TPSA) is 49.3 Å². The second-order valence-corrected chi connectivity index (χ2v) is 6.84. The fraction of sp³-hybridized carbons (Fsp3) is 0.933. The van der Waals surface area contributed by atoms with Gasteiger partial charge in [0.2, 0.25) is 5.91 Å². The number of rotatable bonds is 3. The second-order valence-electron chi connectivity index (χ2n) is 6.84. The van der Waals surface area contributed by atoms with Crippen LogP contribution in [0.2, 0.25) is 0 Å². The summed E-state index contributed by atoms with van der Waals surface area (Å²) in [6, 6.07) is 0. The van der Waals surface area contributed by atoms with Crippen LogP contribution in [0.3, 0.4) is 0 Å². The Balaban J connectivity index is 1.81. The maximum absolute atomic E-state index is 12.1. The largest absolute Gasteiger partial charge is 0.389 e. The van der Waals surface area contributed by atoms with E-state index < -0.39 is 5.60 Å². The minimum atomic E-state index is -0.808. The second kappa shape index (κ2) is 5.60. The van der Waals surface area contributed by atoms with E-state index in [1.54, 1.807) is 13.8 Å². The molecule has 0 radical (unpaired) electrons. The summed E-state index contributed by atoms with van der Waals surface area (Å²) in [7, 11) is 0. The Kier molecular flexibility index (Phi) is 4.31. The lowest BCUT2D eigenvalue weighted by Crippen LogP contribution is -2.43. The van der Waals surface area contributed by atoms with E-state index in [1.807, 2.05) is 0 Å². The summed E-state index contributed by atoms with van der Waals surface area (Å²) in [5.41, 5.74) is -0.808. The van der Waals surface area contributed by atoms with E-state index in [-0.39, 0.29) is 11.8 Å². The van der Waals surface area contributed by atoms with Crippen LogP contribution in [0.15, 0.2) is 0 Å². The number of hydrogen-bond acceptors (Lipinski definition) is 2. The fourth-order valence-electron chi connectivity index (χ4n) is 3.56. The highest BCUT2D eigenvalue weighted by Crippen LogP contribution is 2.42. The first-order chi connectivity index (χ1) is 8.46. The molecule has 2 aliphatic carbocycles. The van der Waals surface area contributed by atoms with Crippen LogP contribution in [0.1, 0.15) is 58.8 Å². The quantitative estimate of drug-likeness (QED) is 0.812. The van der Waals surface area contributed by atoms with Crippen LogP contribution in [-0.4, -0.2) is 23.2 Å². The number of amides is 1. The maximum Gasteiger partial charge on any atom is 0.223 e. The van der Waals surface area contributed by atoms with Gasteiger partial charge in [0.05, 0.1) is 5.60 Å². The molecule has 3 heteroatoms. The third-order valence-electron chi connectivity index (χ3n) is 4.61. The van der Waals surface area contributed by atoms with Crippen molar-refractivity contribution in [3.63, 3.8) is 0 Å².